The molecule has 0 aliphatic rings. The second kappa shape index (κ2) is 5.71. The minimum Gasteiger partial charge on any atom is -0.366 e. The van der Waals surface area contributed by atoms with E-state index in [1.165, 1.54) is 0 Å². The van der Waals surface area contributed by atoms with Crippen molar-refractivity contribution in [2.75, 3.05) is 11.9 Å². The quantitative estimate of drug-likeness (QED) is 0.618. The van der Waals surface area contributed by atoms with Crippen LogP contribution in [-0.4, -0.2) is 16.5 Å². The fourth-order valence-corrected chi connectivity index (χ4v) is 1.33. The predicted molar refractivity (Wildman–Crippen MR) is 64.3 cm³/mol. The van der Waals surface area contributed by atoms with Crippen LogP contribution in [0.3, 0.4) is 0 Å². The van der Waals surface area contributed by atoms with Gasteiger partial charge in [-0.3, -0.25) is 0 Å². The molecule has 0 unspecified atom stereocenters. The Labute approximate surface area is 95.6 Å². The van der Waals surface area contributed by atoms with E-state index in [0.29, 0.717) is 11.7 Å². The molecule has 82 valence electrons. The second-order valence-corrected chi connectivity index (χ2v) is 3.94. The fraction of sp³-hybridized carbons (Fsp3) is 0.455. The maximum absolute atomic E-state index is 5.89. The van der Waals surface area contributed by atoms with Gasteiger partial charge in [-0.2, -0.15) is 0 Å². The van der Waals surface area contributed by atoms with Crippen LogP contribution in [0, 0.1) is 0 Å². The SMILES string of the molecule is C=C(C)CNc1cc(Cl)nc(CCC)n1. The lowest BCUT2D eigenvalue weighted by Crippen LogP contribution is -2.06. The number of aryl methyl sites for hydroxylation is 1. The Balaban J connectivity index is 2.74. The van der Waals surface area contributed by atoms with Crippen LogP contribution < -0.4 is 5.32 Å². The third-order valence-electron chi connectivity index (χ3n) is 1.79. The van der Waals surface area contributed by atoms with Gasteiger partial charge in [0.2, 0.25) is 0 Å². The van der Waals surface area contributed by atoms with Crippen molar-refractivity contribution in [1.82, 2.24) is 9.97 Å². The summed E-state index contributed by atoms with van der Waals surface area (Å²) < 4.78 is 0. The summed E-state index contributed by atoms with van der Waals surface area (Å²) in [6.07, 6.45) is 1.86. The van der Waals surface area contributed by atoms with Crippen LogP contribution in [0.4, 0.5) is 5.82 Å². The predicted octanol–water partition coefficient (Wildman–Crippen LogP) is 3.07. The molecule has 4 heteroatoms. The van der Waals surface area contributed by atoms with Crippen molar-refractivity contribution in [3.8, 4) is 0 Å². The molecule has 1 aromatic rings. The third-order valence-corrected chi connectivity index (χ3v) is 1.98. The maximum Gasteiger partial charge on any atom is 0.134 e. The highest BCUT2D eigenvalue weighted by Gasteiger charge is 2.01. The second-order valence-electron chi connectivity index (χ2n) is 3.55. The number of hydrogen-bond acceptors (Lipinski definition) is 3. The van der Waals surface area contributed by atoms with E-state index in [2.05, 4.69) is 28.8 Å². The number of nitrogens with zero attached hydrogens (tertiary/aromatic N) is 2. The third kappa shape index (κ3) is 4.30. The summed E-state index contributed by atoms with van der Waals surface area (Å²) in [6.45, 7) is 8.57. The van der Waals surface area contributed by atoms with Gasteiger partial charge >= 0.3 is 0 Å². The van der Waals surface area contributed by atoms with Crippen molar-refractivity contribution in [1.29, 1.82) is 0 Å². The zero-order valence-electron chi connectivity index (χ0n) is 9.18. The van der Waals surface area contributed by atoms with E-state index in [-0.39, 0.29) is 0 Å². The molecule has 15 heavy (non-hydrogen) atoms. The summed E-state index contributed by atoms with van der Waals surface area (Å²) in [4.78, 5) is 8.49. The van der Waals surface area contributed by atoms with Crippen LogP contribution >= 0.6 is 11.6 Å². The summed E-state index contributed by atoms with van der Waals surface area (Å²) in [6, 6.07) is 1.73. The summed E-state index contributed by atoms with van der Waals surface area (Å²) in [5.74, 6) is 1.55. The average Bonchev–Trinajstić information content (AvgIpc) is 2.14. The zero-order valence-corrected chi connectivity index (χ0v) is 9.93. The lowest BCUT2D eigenvalue weighted by atomic mass is 10.3. The van der Waals surface area contributed by atoms with Crippen molar-refractivity contribution < 1.29 is 0 Å². The largest absolute Gasteiger partial charge is 0.366 e. The number of anilines is 1. The topological polar surface area (TPSA) is 37.8 Å². The van der Waals surface area contributed by atoms with Crippen molar-refractivity contribution >= 4 is 17.4 Å². The summed E-state index contributed by atoms with van der Waals surface area (Å²) >= 11 is 5.89. The van der Waals surface area contributed by atoms with Gasteiger partial charge in [0.1, 0.15) is 16.8 Å². The molecule has 1 aromatic heterocycles. The molecule has 0 saturated heterocycles. The first-order valence-corrected chi connectivity index (χ1v) is 5.41. The first kappa shape index (κ1) is 12.0. The van der Waals surface area contributed by atoms with Crippen LogP contribution in [0.2, 0.25) is 5.15 Å². The number of nitrogens with one attached hydrogen (secondary N) is 1. The molecule has 0 bridgehead atoms. The van der Waals surface area contributed by atoms with E-state index in [0.717, 1.165) is 30.1 Å². The van der Waals surface area contributed by atoms with Crippen LogP contribution in [0.15, 0.2) is 18.2 Å². The van der Waals surface area contributed by atoms with Gasteiger partial charge in [0.05, 0.1) is 0 Å². The van der Waals surface area contributed by atoms with Gasteiger partial charge in [0.25, 0.3) is 0 Å². The minimum absolute atomic E-state index is 0.484. The summed E-state index contributed by atoms with van der Waals surface area (Å²) in [5, 5.41) is 3.63. The van der Waals surface area contributed by atoms with Gasteiger partial charge in [0, 0.05) is 19.0 Å². The molecule has 1 N–H and O–H groups in total. The van der Waals surface area contributed by atoms with E-state index in [1.807, 2.05) is 6.92 Å². The van der Waals surface area contributed by atoms with E-state index >= 15 is 0 Å². The Morgan fingerprint density at radius 3 is 2.87 bits per heavy atom. The standard InChI is InChI=1S/C11H16ClN3/c1-4-5-10-14-9(12)6-11(15-10)13-7-8(2)3/h6H,2,4-5,7H2,1,3H3,(H,13,14,15). The van der Waals surface area contributed by atoms with E-state index < -0.39 is 0 Å². The molecule has 0 aliphatic carbocycles. The molecule has 0 aromatic carbocycles. The Hall–Kier alpha value is -1.09. The monoisotopic (exact) mass is 225 g/mol. The van der Waals surface area contributed by atoms with E-state index in [4.69, 9.17) is 11.6 Å². The summed E-state index contributed by atoms with van der Waals surface area (Å²) in [5.41, 5.74) is 1.06. The Morgan fingerprint density at radius 2 is 2.27 bits per heavy atom. The summed E-state index contributed by atoms with van der Waals surface area (Å²) in [7, 11) is 0. The van der Waals surface area contributed by atoms with Gasteiger partial charge in [-0.05, 0) is 13.3 Å². The van der Waals surface area contributed by atoms with Crippen molar-refractivity contribution in [2.45, 2.75) is 26.7 Å². The molecule has 0 spiro atoms. The van der Waals surface area contributed by atoms with Crippen LogP contribution in [0.25, 0.3) is 0 Å². The molecular formula is C11H16ClN3. The number of hydrogen-bond donors (Lipinski definition) is 1. The number of halogens is 1. The highest BCUT2D eigenvalue weighted by Crippen LogP contribution is 2.12. The first-order chi connectivity index (χ1) is 7.11. The normalized spacial score (nSPS) is 10.1. The van der Waals surface area contributed by atoms with Crippen molar-refractivity contribution in [2.24, 2.45) is 0 Å². The van der Waals surface area contributed by atoms with Crippen LogP contribution in [-0.2, 0) is 6.42 Å². The Morgan fingerprint density at radius 1 is 1.53 bits per heavy atom. The Bertz CT molecular complexity index is 350. The molecule has 1 rings (SSSR count). The highest BCUT2D eigenvalue weighted by atomic mass is 35.5. The molecule has 0 radical (unpaired) electrons. The van der Waals surface area contributed by atoms with Gasteiger partial charge in [0.15, 0.2) is 0 Å². The van der Waals surface area contributed by atoms with Crippen LogP contribution in [0.5, 0.6) is 0 Å². The average molecular weight is 226 g/mol. The lowest BCUT2D eigenvalue weighted by Gasteiger charge is -2.07. The Kier molecular flexibility index (Phi) is 4.56. The van der Waals surface area contributed by atoms with Crippen molar-refractivity contribution in [3.63, 3.8) is 0 Å². The molecule has 0 aliphatic heterocycles. The smallest absolute Gasteiger partial charge is 0.134 e. The fourth-order valence-electron chi connectivity index (χ4n) is 1.13. The highest BCUT2D eigenvalue weighted by molar-refractivity contribution is 6.29. The van der Waals surface area contributed by atoms with Gasteiger partial charge in [-0.1, -0.05) is 30.7 Å². The van der Waals surface area contributed by atoms with Gasteiger partial charge in [-0.25, -0.2) is 9.97 Å². The molecule has 0 atom stereocenters. The first-order valence-electron chi connectivity index (χ1n) is 5.03. The number of aromatic nitrogens is 2. The minimum atomic E-state index is 0.484. The van der Waals surface area contributed by atoms with E-state index in [9.17, 15) is 0 Å². The van der Waals surface area contributed by atoms with Crippen LogP contribution in [0.1, 0.15) is 26.1 Å². The molecule has 1 heterocycles. The molecule has 0 fully saturated rings. The molecule has 0 saturated carbocycles. The molecule has 3 nitrogen and oxygen atoms in total. The van der Waals surface area contributed by atoms with Crippen molar-refractivity contribution in [3.05, 3.63) is 29.2 Å². The zero-order chi connectivity index (χ0) is 11.3. The molecular weight excluding hydrogens is 210 g/mol. The number of rotatable bonds is 5. The maximum atomic E-state index is 5.89. The van der Waals surface area contributed by atoms with Gasteiger partial charge in [-0.15, -0.1) is 0 Å². The van der Waals surface area contributed by atoms with Gasteiger partial charge < -0.3 is 5.32 Å². The molecule has 0 amide bonds. The van der Waals surface area contributed by atoms with E-state index in [1.54, 1.807) is 6.07 Å². The lowest BCUT2D eigenvalue weighted by molar-refractivity contribution is 0.835.